The minimum atomic E-state index is 0.373. The van der Waals surface area contributed by atoms with Crippen LogP contribution >= 0.6 is 11.8 Å². The number of aromatic nitrogens is 1. The highest BCUT2D eigenvalue weighted by molar-refractivity contribution is 7.99. The summed E-state index contributed by atoms with van der Waals surface area (Å²) in [6.07, 6.45) is 5.73. The fraction of sp³-hybridized carbons (Fsp3) is 0.292. The topological polar surface area (TPSA) is 60.6 Å². The second kappa shape index (κ2) is 10.4. The average Bonchev–Trinajstić information content (AvgIpc) is 2.78. The molecule has 5 nitrogen and oxygen atoms in total. The Morgan fingerprint density at radius 2 is 1.70 bits per heavy atom. The molecular formula is C24H27N3O2S. The zero-order chi connectivity index (χ0) is 20.6. The van der Waals surface area contributed by atoms with Gasteiger partial charge in [0.15, 0.2) is 11.6 Å². The molecule has 2 N–H and O–H groups in total. The molecule has 1 fully saturated rings. The van der Waals surface area contributed by atoms with Crippen molar-refractivity contribution in [3.63, 3.8) is 0 Å². The van der Waals surface area contributed by atoms with Gasteiger partial charge in [-0.3, -0.25) is 4.90 Å². The van der Waals surface area contributed by atoms with Crippen LogP contribution in [0.15, 0.2) is 76.7 Å². The van der Waals surface area contributed by atoms with Gasteiger partial charge < -0.3 is 15.2 Å². The van der Waals surface area contributed by atoms with Crippen LogP contribution < -0.4 is 15.2 Å². The summed E-state index contributed by atoms with van der Waals surface area (Å²) >= 11 is 1.61. The van der Waals surface area contributed by atoms with E-state index in [-0.39, 0.29) is 0 Å². The van der Waals surface area contributed by atoms with E-state index in [4.69, 9.17) is 15.2 Å². The molecule has 3 aromatic rings. The van der Waals surface area contributed by atoms with Crippen LogP contribution in [0.1, 0.15) is 19.3 Å². The van der Waals surface area contributed by atoms with Gasteiger partial charge in [-0.05, 0) is 56.3 Å². The van der Waals surface area contributed by atoms with Crippen molar-refractivity contribution >= 4 is 17.6 Å². The molecule has 156 valence electrons. The summed E-state index contributed by atoms with van der Waals surface area (Å²) in [5, 5.41) is 0. The number of rotatable bonds is 8. The Hall–Kier alpha value is -2.70. The number of likely N-dealkylation sites (tertiary alicyclic amines) is 1. The van der Waals surface area contributed by atoms with Crippen LogP contribution in [0.4, 0.5) is 5.82 Å². The van der Waals surface area contributed by atoms with Gasteiger partial charge in [0.05, 0.1) is 0 Å². The van der Waals surface area contributed by atoms with Gasteiger partial charge in [0, 0.05) is 28.6 Å². The first-order chi connectivity index (χ1) is 14.8. The molecule has 1 aromatic heterocycles. The van der Waals surface area contributed by atoms with Crippen LogP contribution in [0.2, 0.25) is 0 Å². The van der Waals surface area contributed by atoms with Crippen molar-refractivity contribution in [2.24, 2.45) is 0 Å². The molecule has 6 heteroatoms. The lowest BCUT2D eigenvalue weighted by atomic mass is 10.1. The number of nitrogens with two attached hydrogens (primary N) is 1. The highest BCUT2D eigenvalue weighted by Gasteiger charge is 2.10. The fourth-order valence-electron chi connectivity index (χ4n) is 3.43. The first-order valence-corrected chi connectivity index (χ1v) is 11.2. The number of ether oxygens (including phenoxy) is 2. The molecule has 0 atom stereocenters. The quantitative estimate of drug-likeness (QED) is 0.520. The van der Waals surface area contributed by atoms with Gasteiger partial charge in [-0.2, -0.15) is 0 Å². The number of anilines is 1. The number of pyridine rings is 1. The summed E-state index contributed by atoms with van der Waals surface area (Å²) in [5.74, 6) is 2.55. The summed E-state index contributed by atoms with van der Waals surface area (Å²) in [6, 6.07) is 19.7. The first-order valence-electron chi connectivity index (χ1n) is 10.4. The number of piperidine rings is 1. The molecule has 1 aliphatic rings. The monoisotopic (exact) mass is 421 g/mol. The van der Waals surface area contributed by atoms with Crippen LogP contribution in [0.3, 0.4) is 0 Å². The molecule has 2 heterocycles. The van der Waals surface area contributed by atoms with Gasteiger partial charge in [0.2, 0.25) is 0 Å². The molecule has 30 heavy (non-hydrogen) atoms. The van der Waals surface area contributed by atoms with Crippen molar-refractivity contribution in [2.45, 2.75) is 29.1 Å². The van der Waals surface area contributed by atoms with Crippen LogP contribution in [0.5, 0.6) is 17.2 Å². The smallest absolute Gasteiger partial charge is 0.170 e. The number of benzene rings is 2. The van der Waals surface area contributed by atoms with E-state index in [2.05, 4.69) is 22.0 Å². The maximum Gasteiger partial charge on any atom is 0.170 e. The van der Waals surface area contributed by atoms with Crippen molar-refractivity contribution in [3.05, 3.63) is 66.9 Å². The van der Waals surface area contributed by atoms with Gasteiger partial charge in [-0.15, -0.1) is 0 Å². The third kappa shape index (κ3) is 5.90. The minimum absolute atomic E-state index is 0.373. The van der Waals surface area contributed by atoms with E-state index >= 15 is 0 Å². The minimum Gasteiger partial charge on any atom is -0.492 e. The Kier molecular flexibility index (Phi) is 7.11. The van der Waals surface area contributed by atoms with E-state index in [0.29, 0.717) is 18.2 Å². The zero-order valence-electron chi connectivity index (χ0n) is 17.0. The highest BCUT2D eigenvalue weighted by atomic mass is 32.2. The standard InChI is InChI=1S/C24H27N3O2S/c25-24-23(29-19-8-3-1-4-9-19)17-22(18-26-24)30-21-11-7-10-20(16-21)28-15-14-27-12-5-2-6-13-27/h1,3-4,7-11,16-18H,2,5-6,12-15H2,(H2,25,26). The maximum atomic E-state index is 6.00. The van der Waals surface area contributed by atoms with E-state index in [0.717, 1.165) is 27.8 Å². The summed E-state index contributed by atoms with van der Waals surface area (Å²) in [5.41, 5.74) is 6.00. The largest absolute Gasteiger partial charge is 0.492 e. The second-order valence-electron chi connectivity index (χ2n) is 7.30. The summed E-state index contributed by atoms with van der Waals surface area (Å²) in [4.78, 5) is 8.82. The number of para-hydroxylation sites is 1. The molecule has 4 rings (SSSR count). The third-order valence-corrected chi connectivity index (χ3v) is 5.94. The van der Waals surface area contributed by atoms with Gasteiger partial charge in [-0.1, -0.05) is 42.4 Å². The lowest BCUT2D eigenvalue weighted by molar-refractivity contribution is 0.183. The normalized spacial score (nSPS) is 14.4. The van der Waals surface area contributed by atoms with Crippen molar-refractivity contribution in [1.29, 1.82) is 0 Å². The summed E-state index contributed by atoms with van der Waals surface area (Å²) in [7, 11) is 0. The van der Waals surface area contributed by atoms with Gasteiger partial charge in [0.1, 0.15) is 18.1 Å². The number of hydrogen-bond acceptors (Lipinski definition) is 6. The van der Waals surface area contributed by atoms with Crippen molar-refractivity contribution in [3.8, 4) is 17.2 Å². The number of nitrogens with zero attached hydrogens (tertiary/aromatic N) is 2. The molecule has 1 aliphatic heterocycles. The molecule has 0 bridgehead atoms. The second-order valence-corrected chi connectivity index (χ2v) is 8.44. The first kappa shape index (κ1) is 20.6. The van der Waals surface area contributed by atoms with Crippen LogP contribution in [-0.4, -0.2) is 36.1 Å². The molecule has 0 unspecified atom stereocenters. The van der Waals surface area contributed by atoms with Crippen molar-refractivity contribution in [1.82, 2.24) is 9.88 Å². The van der Waals surface area contributed by atoms with E-state index < -0.39 is 0 Å². The fourth-order valence-corrected chi connectivity index (χ4v) is 4.29. The van der Waals surface area contributed by atoms with Crippen LogP contribution in [0.25, 0.3) is 0 Å². The Morgan fingerprint density at radius 3 is 2.53 bits per heavy atom. The van der Waals surface area contributed by atoms with Crippen LogP contribution in [0, 0.1) is 0 Å². The van der Waals surface area contributed by atoms with Crippen molar-refractivity contribution < 1.29 is 9.47 Å². The molecule has 2 aromatic carbocycles. The van der Waals surface area contributed by atoms with Crippen molar-refractivity contribution in [2.75, 3.05) is 32.0 Å². The van der Waals surface area contributed by atoms with E-state index in [1.807, 2.05) is 48.5 Å². The van der Waals surface area contributed by atoms with Gasteiger partial charge in [0.25, 0.3) is 0 Å². The lowest BCUT2D eigenvalue weighted by Crippen LogP contribution is -2.33. The SMILES string of the molecule is Nc1ncc(Sc2cccc(OCCN3CCCCC3)c2)cc1Oc1ccccc1. The Morgan fingerprint density at radius 1 is 0.900 bits per heavy atom. The van der Waals surface area contributed by atoms with Gasteiger partial charge in [-0.25, -0.2) is 4.98 Å². The molecule has 0 amide bonds. The van der Waals surface area contributed by atoms with E-state index in [1.54, 1.807) is 18.0 Å². The Balaban J connectivity index is 1.36. The molecule has 1 saturated heterocycles. The molecule has 0 saturated carbocycles. The molecular weight excluding hydrogens is 394 g/mol. The molecule has 0 spiro atoms. The van der Waals surface area contributed by atoms with E-state index in [1.165, 1.54) is 32.4 Å². The predicted molar refractivity (Wildman–Crippen MR) is 122 cm³/mol. The van der Waals surface area contributed by atoms with Crippen LogP contribution in [-0.2, 0) is 0 Å². The molecule has 0 radical (unpaired) electrons. The third-order valence-electron chi connectivity index (χ3n) is 4.99. The zero-order valence-corrected chi connectivity index (χ0v) is 17.8. The molecule has 0 aliphatic carbocycles. The summed E-state index contributed by atoms with van der Waals surface area (Å²) in [6.45, 7) is 4.08. The highest BCUT2D eigenvalue weighted by Crippen LogP contribution is 2.34. The Labute approximate surface area is 182 Å². The van der Waals surface area contributed by atoms with E-state index in [9.17, 15) is 0 Å². The lowest BCUT2D eigenvalue weighted by Gasteiger charge is -2.26. The Bertz CT molecular complexity index is 946. The average molecular weight is 422 g/mol. The van der Waals surface area contributed by atoms with Gasteiger partial charge >= 0.3 is 0 Å². The number of hydrogen-bond donors (Lipinski definition) is 1. The number of nitrogen functional groups attached to an aromatic ring is 1. The predicted octanol–water partition coefficient (Wildman–Crippen LogP) is 5.47. The summed E-state index contributed by atoms with van der Waals surface area (Å²) < 4.78 is 11.9. The maximum absolute atomic E-state index is 6.00.